The molecular weight excluding hydrogens is 418 g/mol. The van der Waals surface area contributed by atoms with Crippen LogP contribution < -0.4 is 10.6 Å². The fourth-order valence-electron chi connectivity index (χ4n) is 4.18. The van der Waals surface area contributed by atoms with E-state index in [1.54, 1.807) is 11.1 Å². The van der Waals surface area contributed by atoms with Crippen molar-refractivity contribution in [3.8, 4) is 0 Å². The van der Waals surface area contributed by atoms with Crippen LogP contribution in [0.25, 0.3) is 0 Å². The van der Waals surface area contributed by atoms with Crippen LogP contribution in [-0.2, 0) is 16.1 Å². The van der Waals surface area contributed by atoms with Gasteiger partial charge in [0.2, 0.25) is 11.8 Å². The maximum Gasteiger partial charge on any atom is 0.238 e. The minimum atomic E-state index is -0.565. The molecule has 1 aromatic heterocycles. The lowest BCUT2D eigenvalue weighted by molar-refractivity contribution is -0.130. The highest BCUT2D eigenvalue weighted by atomic mass is 16.2. The number of aromatic nitrogens is 2. The molecule has 0 saturated carbocycles. The molecule has 9 nitrogen and oxygen atoms in total. The number of carbonyl (C=O) groups excluding carboxylic acids is 2. The third-order valence-corrected chi connectivity index (χ3v) is 6.02. The van der Waals surface area contributed by atoms with Crippen LogP contribution >= 0.6 is 0 Å². The second-order valence-electron chi connectivity index (χ2n) is 8.69. The molecule has 2 bridgehead atoms. The lowest BCUT2D eigenvalue weighted by atomic mass is 10.0. The Morgan fingerprint density at radius 1 is 1.03 bits per heavy atom. The summed E-state index contributed by atoms with van der Waals surface area (Å²) in [5.41, 5.74) is 2.66. The minimum Gasteiger partial charge on any atom is -0.370 e. The van der Waals surface area contributed by atoms with Gasteiger partial charge in [-0.05, 0) is 50.6 Å². The molecule has 2 aliphatic heterocycles. The smallest absolute Gasteiger partial charge is 0.238 e. The quantitative estimate of drug-likeness (QED) is 0.641. The number of aliphatic imine (C=N–C) groups is 1. The molecule has 0 radical (unpaired) electrons. The summed E-state index contributed by atoms with van der Waals surface area (Å²) >= 11 is 0. The van der Waals surface area contributed by atoms with Gasteiger partial charge < -0.3 is 20.4 Å². The molecule has 1 aromatic carbocycles. The van der Waals surface area contributed by atoms with Crippen molar-refractivity contribution >= 4 is 35.4 Å². The normalized spacial score (nSPS) is 20.7. The number of benzene rings is 1. The van der Waals surface area contributed by atoms with Crippen LogP contribution in [0, 0.1) is 0 Å². The first-order chi connectivity index (χ1) is 16.0. The molecule has 0 aliphatic carbocycles. The maximum absolute atomic E-state index is 12.6. The van der Waals surface area contributed by atoms with E-state index in [2.05, 4.69) is 43.6 Å². The van der Waals surface area contributed by atoms with Crippen LogP contribution in [0.3, 0.4) is 0 Å². The van der Waals surface area contributed by atoms with Gasteiger partial charge in [-0.15, -0.1) is 0 Å². The molecule has 174 valence electrons. The zero-order valence-corrected chi connectivity index (χ0v) is 19.3. The van der Waals surface area contributed by atoms with E-state index in [9.17, 15) is 9.59 Å². The van der Waals surface area contributed by atoms with Crippen LogP contribution in [0.4, 0.5) is 17.3 Å². The summed E-state index contributed by atoms with van der Waals surface area (Å²) in [7, 11) is 3.94. The van der Waals surface area contributed by atoms with E-state index in [0.717, 1.165) is 43.6 Å². The number of rotatable bonds is 0. The van der Waals surface area contributed by atoms with Gasteiger partial charge in [-0.3, -0.25) is 14.6 Å². The molecule has 2 aromatic rings. The molecule has 4 rings (SSSR count). The predicted octanol–water partition coefficient (Wildman–Crippen LogP) is 2.79. The van der Waals surface area contributed by atoms with E-state index >= 15 is 0 Å². The number of fused-ring (bicyclic) bond motifs is 2. The van der Waals surface area contributed by atoms with Gasteiger partial charge in [-0.25, -0.2) is 9.97 Å². The molecule has 0 saturated heterocycles. The van der Waals surface area contributed by atoms with Crippen molar-refractivity contribution in [3.63, 3.8) is 0 Å². The summed E-state index contributed by atoms with van der Waals surface area (Å²) in [6.45, 7) is 3.02. The molecule has 2 N–H and O–H groups in total. The third kappa shape index (κ3) is 5.73. The Balaban J connectivity index is 1.59. The standard InChI is InChI=1S/C24H31N7O2/c1-30-11-4-3-9-20(32)31(2)12-6-10-25-22-21-19(24(33)29-23(21)28-16-27-22)14-26-18-8-5-7-17(13-18)15-30/h5,7-8,13-14,16,19H,3-4,6,9-12,15H2,1-2H3,(H2,25,27,28,29,33). The summed E-state index contributed by atoms with van der Waals surface area (Å²) in [6, 6.07) is 8.03. The molecule has 33 heavy (non-hydrogen) atoms. The van der Waals surface area contributed by atoms with Gasteiger partial charge in [-0.2, -0.15) is 0 Å². The highest BCUT2D eigenvalue weighted by molar-refractivity contribution is 6.13. The molecule has 2 amide bonds. The van der Waals surface area contributed by atoms with E-state index < -0.39 is 5.92 Å². The largest absolute Gasteiger partial charge is 0.370 e. The highest BCUT2D eigenvalue weighted by Crippen LogP contribution is 2.34. The summed E-state index contributed by atoms with van der Waals surface area (Å²) in [5, 5.41) is 6.14. The molecule has 3 heterocycles. The Hall–Kier alpha value is -3.33. The third-order valence-electron chi connectivity index (χ3n) is 6.02. The van der Waals surface area contributed by atoms with Crippen molar-refractivity contribution in [1.29, 1.82) is 0 Å². The van der Waals surface area contributed by atoms with E-state index in [1.165, 1.54) is 6.33 Å². The average molecular weight is 450 g/mol. The molecule has 0 fully saturated rings. The SMILES string of the molecule is CN1CCCCC(=O)N(C)CCCNc2ncnc3c2C(C=Nc2cccc(c2)C1)C(=O)N3. The average Bonchev–Trinajstić information content (AvgIpc) is 3.13. The van der Waals surface area contributed by atoms with E-state index in [1.807, 2.05) is 25.2 Å². The Kier molecular flexibility index (Phi) is 7.29. The predicted molar refractivity (Wildman–Crippen MR) is 129 cm³/mol. The zero-order chi connectivity index (χ0) is 23.2. The number of nitrogens with one attached hydrogen (secondary N) is 2. The maximum atomic E-state index is 12.6. The van der Waals surface area contributed by atoms with Crippen molar-refractivity contribution in [1.82, 2.24) is 19.8 Å². The van der Waals surface area contributed by atoms with Crippen LogP contribution in [0.1, 0.15) is 42.7 Å². The first-order valence-corrected chi connectivity index (χ1v) is 11.5. The molecule has 2 aliphatic rings. The number of hydrogen-bond donors (Lipinski definition) is 2. The van der Waals surface area contributed by atoms with E-state index in [4.69, 9.17) is 0 Å². The van der Waals surface area contributed by atoms with E-state index in [0.29, 0.717) is 36.7 Å². The Bertz CT molecular complexity index is 1040. The van der Waals surface area contributed by atoms with Gasteiger partial charge in [0.1, 0.15) is 23.9 Å². The monoisotopic (exact) mass is 449 g/mol. The van der Waals surface area contributed by atoms with Gasteiger partial charge in [0.05, 0.1) is 11.3 Å². The second kappa shape index (κ2) is 10.5. The second-order valence-corrected chi connectivity index (χ2v) is 8.69. The first kappa shape index (κ1) is 22.8. The van der Waals surface area contributed by atoms with Crippen LogP contribution in [0.15, 0.2) is 35.6 Å². The number of hydrogen-bond acceptors (Lipinski definition) is 7. The lowest BCUT2D eigenvalue weighted by Gasteiger charge is -2.19. The topological polar surface area (TPSA) is 103 Å². The van der Waals surface area contributed by atoms with Crippen molar-refractivity contribution in [2.75, 3.05) is 44.4 Å². The zero-order valence-electron chi connectivity index (χ0n) is 19.3. The number of anilines is 2. The van der Waals surface area contributed by atoms with Gasteiger partial charge in [0.25, 0.3) is 0 Å². The molecule has 0 spiro atoms. The van der Waals surface area contributed by atoms with Gasteiger partial charge in [0.15, 0.2) is 0 Å². The number of nitrogens with zero attached hydrogens (tertiary/aromatic N) is 5. The summed E-state index contributed by atoms with van der Waals surface area (Å²) in [4.78, 5) is 42.3. The van der Waals surface area contributed by atoms with Gasteiger partial charge in [0, 0.05) is 39.3 Å². The summed E-state index contributed by atoms with van der Waals surface area (Å²) in [5.74, 6) is 0.576. The molecular formula is C24H31N7O2. The van der Waals surface area contributed by atoms with Crippen molar-refractivity contribution in [3.05, 3.63) is 41.7 Å². The Morgan fingerprint density at radius 2 is 1.88 bits per heavy atom. The van der Waals surface area contributed by atoms with Gasteiger partial charge in [-0.1, -0.05) is 12.1 Å². The Morgan fingerprint density at radius 3 is 2.76 bits per heavy atom. The first-order valence-electron chi connectivity index (χ1n) is 11.5. The lowest BCUT2D eigenvalue weighted by Crippen LogP contribution is -2.29. The molecule has 9 heteroatoms. The number of amides is 2. The fraction of sp³-hybridized carbons (Fsp3) is 0.458. The number of carbonyl (C=O) groups is 2. The van der Waals surface area contributed by atoms with Crippen molar-refractivity contribution in [2.24, 2.45) is 4.99 Å². The fourth-order valence-corrected chi connectivity index (χ4v) is 4.18. The van der Waals surface area contributed by atoms with Crippen LogP contribution in [0.5, 0.6) is 0 Å². The van der Waals surface area contributed by atoms with Crippen LogP contribution in [-0.4, -0.2) is 71.5 Å². The van der Waals surface area contributed by atoms with Crippen molar-refractivity contribution < 1.29 is 9.59 Å². The molecule has 1 unspecified atom stereocenters. The van der Waals surface area contributed by atoms with Crippen molar-refractivity contribution in [2.45, 2.75) is 38.1 Å². The van der Waals surface area contributed by atoms with Gasteiger partial charge >= 0.3 is 0 Å². The van der Waals surface area contributed by atoms with Crippen LogP contribution in [0.2, 0.25) is 0 Å². The summed E-state index contributed by atoms with van der Waals surface area (Å²) in [6.07, 6.45) is 6.31. The summed E-state index contributed by atoms with van der Waals surface area (Å²) < 4.78 is 0. The highest BCUT2D eigenvalue weighted by Gasteiger charge is 2.33. The molecule has 1 atom stereocenters. The van der Waals surface area contributed by atoms with E-state index in [-0.39, 0.29) is 11.8 Å². The minimum absolute atomic E-state index is 0.166. The Labute approximate surface area is 194 Å².